The number of benzene rings is 4. The second-order valence-electron chi connectivity index (χ2n) is 7.88. The molecule has 0 heterocycles. The first-order chi connectivity index (χ1) is 17.7. The number of nitro groups is 2. The lowest BCUT2D eigenvalue weighted by atomic mass is 9.97. The van der Waals surface area contributed by atoms with Crippen LogP contribution in [0.2, 0.25) is 10.0 Å². The summed E-state index contributed by atoms with van der Waals surface area (Å²) in [5, 5.41) is 22.6. The molecule has 0 aromatic heterocycles. The molecule has 7 nitrogen and oxygen atoms in total. The largest absolute Gasteiger partial charge is 0.356 e. The van der Waals surface area contributed by atoms with E-state index in [0.29, 0.717) is 11.1 Å². The van der Waals surface area contributed by atoms with Crippen LogP contribution in [0.5, 0.6) is 0 Å². The van der Waals surface area contributed by atoms with Crippen LogP contribution in [0.15, 0.2) is 84.9 Å². The summed E-state index contributed by atoms with van der Waals surface area (Å²) >= 11 is 12.7. The highest BCUT2D eigenvalue weighted by Crippen LogP contribution is 2.42. The molecule has 188 valence electrons. The van der Waals surface area contributed by atoms with Crippen molar-refractivity contribution in [3.05, 3.63) is 149 Å². The summed E-state index contributed by atoms with van der Waals surface area (Å²) in [7, 11) is 0. The van der Waals surface area contributed by atoms with E-state index in [2.05, 4.69) is 0 Å². The lowest BCUT2D eigenvalue weighted by molar-refractivity contribution is -0.387. The zero-order valence-electron chi connectivity index (χ0n) is 18.7. The van der Waals surface area contributed by atoms with Crippen LogP contribution in [0.1, 0.15) is 34.5 Å². The van der Waals surface area contributed by atoms with Crippen LogP contribution in [0.3, 0.4) is 0 Å². The van der Waals surface area contributed by atoms with Crippen LogP contribution >= 0.6 is 23.2 Å². The van der Waals surface area contributed by atoms with E-state index in [1.54, 1.807) is 60.7 Å². The quantitative estimate of drug-likeness (QED) is 0.165. The van der Waals surface area contributed by atoms with Gasteiger partial charge in [-0.1, -0.05) is 83.9 Å². The first-order valence-electron chi connectivity index (χ1n) is 10.7. The molecule has 0 saturated heterocycles. The Labute approximate surface area is 219 Å². The highest BCUT2D eigenvalue weighted by Gasteiger charge is 2.31. The summed E-state index contributed by atoms with van der Waals surface area (Å²) in [5.41, 5.74) is -0.464. The fraction of sp³-hybridized carbons (Fsp3) is 0.0769. The number of nitrogens with zero attached hydrogens (tertiary/aromatic N) is 2. The van der Waals surface area contributed by atoms with Crippen molar-refractivity contribution >= 4 is 34.6 Å². The second-order valence-corrected chi connectivity index (χ2v) is 8.70. The van der Waals surface area contributed by atoms with Gasteiger partial charge in [0.15, 0.2) is 0 Å². The molecule has 0 spiro atoms. The predicted octanol–water partition coefficient (Wildman–Crippen LogP) is 7.98. The third-order valence-corrected chi connectivity index (χ3v) is 6.22. The van der Waals surface area contributed by atoms with Crippen molar-refractivity contribution in [2.75, 3.05) is 0 Å². The predicted molar refractivity (Wildman–Crippen MR) is 134 cm³/mol. The molecule has 0 radical (unpaired) electrons. The summed E-state index contributed by atoms with van der Waals surface area (Å²) in [6.45, 7) is 0. The molecule has 4 aromatic rings. The summed E-state index contributed by atoms with van der Waals surface area (Å²) in [4.78, 5) is 21.1. The third-order valence-electron chi connectivity index (χ3n) is 5.57. The van der Waals surface area contributed by atoms with Crippen molar-refractivity contribution in [2.24, 2.45) is 0 Å². The van der Waals surface area contributed by atoms with Gasteiger partial charge in [-0.15, -0.1) is 0 Å². The molecular weight excluding hydrogens is 529 g/mol. The molecule has 2 atom stereocenters. The van der Waals surface area contributed by atoms with Crippen molar-refractivity contribution < 1.29 is 23.4 Å². The molecule has 4 aromatic carbocycles. The zero-order valence-corrected chi connectivity index (χ0v) is 20.2. The van der Waals surface area contributed by atoms with Crippen molar-refractivity contribution in [1.82, 2.24) is 0 Å². The Morgan fingerprint density at radius 3 is 1.32 bits per heavy atom. The maximum Gasteiger partial charge on any atom is 0.305 e. The minimum atomic E-state index is -1.12. The van der Waals surface area contributed by atoms with E-state index < -0.39 is 45.1 Å². The van der Waals surface area contributed by atoms with Crippen molar-refractivity contribution in [3.63, 3.8) is 0 Å². The average molecular weight is 545 g/mol. The van der Waals surface area contributed by atoms with E-state index in [0.717, 1.165) is 24.3 Å². The number of hydrogen-bond donors (Lipinski definition) is 0. The zero-order chi connectivity index (χ0) is 26.7. The third kappa shape index (κ3) is 5.59. The standard InChI is InChI=1S/C26H16Cl2F2N2O5/c27-19-13-21(29)23(31(33)34)11-17(19)25(15-7-3-1-4-8-15)37-26(16-9-5-2-6-10-16)18-12-24(32(35)36)22(30)14-20(18)28/h1-14,25-26H. The molecule has 0 N–H and O–H groups in total. The summed E-state index contributed by atoms with van der Waals surface area (Å²) in [6.07, 6.45) is -2.23. The van der Waals surface area contributed by atoms with E-state index >= 15 is 0 Å². The molecule has 0 aliphatic heterocycles. The van der Waals surface area contributed by atoms with E-state index in [1.165, 1.54) is 0 Å². The minimum absolute atomic E-state index is 0.0784. The lowest BCUT2D eigenvalue weighted by Crippen LogP contribution is -2.15. The summed E-state index contributed by atoms with van der Waals surface area (Å²) in [5.74, 6) is -2.25. The molecule has 4 rings (SSSR count). The summed E-state index contributed by atoms with van der Waals surface area (Å²) < 4.78 is 35.0. The van der Waals surface area contributed by atoms with Gasteiger partial charge in [0, 0.05) is 23.3 Å². The highest BCUT2D eigenvalue weighted by atomic mass is 35.5. The van der Waals surface area contributed by atoms with Crippen molar-refractivity contribution in [1.29, 1.82) is 0 Å². The Hall–Kier alpha value is -3.92. The lowest BCUT2D eigenvalue weighted by Gasteiger charge is -2.27. The van der Waals surface area contributed by atoms with Crippen LogP contribution in [-0.4, -0.2) is 9.85 Å². The van der Waals surface area contributed by atoms with Crippen molar-refractivity contribution in [2.45, 2.75) is 12.2 Å². The van der Waals surface area contributed by atoms with E-state index in [-0.39, 0.29) is 21.2 Å². The molecule has 2 unspecified atom stereocenters. The van der Waals surface area contributed by atoms with E-state index in [4.69, 9.17) is 27.9 Å². The molecule has 0 saturated carbocycles. The normalized spacial score (nSPS) is 12.6. The number of nitro benzene ring substituents is 2. The maximum absolute atomic E-state index is 14.3. The second kappa shape index (κ2) is 11.0. The first kappa shape index (κ1) is 26.2. The Kier molecular flexibility index (Phi) is 7.77. The number of halogens is 4. The van der Waals surface area contributed by atoms with E-state index in [1.807, 2.05) is 0 Å². The summed E-state index contributed by atoms with van der Waals surface area (Å²) in [6, 6.07) is 20.6. The molecule has 0 amide bonds. The van der Waals surface area contributed by atoms with Crippen LogP contribution in [0.25, 0.3) is 0 Å². The van der Waals surface area contributed by atoms with Crippen molar-refractivity contribution in [3.8, 4) is 0 Å². The molecule has 0 fully saturated rings. The molecular formula is C26H16Cl2F2N2O5. The Morgan fingerprint density at radius 1 is 0.649 bits per heavy atom. The minimum Gasteiger partial charge on any atom is -0.356 e. The van der Waals surface area contributed by atoms with Gasteiger partial charge < -0.3 is 4.74 Å². The Balaban J connectivity index is 1.94. The van der Waals surface area contributed by atoms with Crippen LogP contribution in [0.4, 0.5) is 20.2 Å². The van der Waals surface area contributed by atoms with Gasteiger partial charge in [-0.3, -0.25) is 20.2 Å². The fourth-order valence-electron chi connectivity index (χ4n) is 3.84. The van der Waals surface area contributed by atoms with Crippen LogP contribution in [-0.2, 0) is 4.74 Å². The number of rotatable bonds is 8. The van der Waals surface area contributed by atoms with Gasteiger partial charge in [0.2, 0.25) is 11.6 Å². The van der Waals surface area contributed by atoms with Gasteiger partial charge in [0.05, 0.1) is 19.9 Å². The molecule has 37 heavy (non-hydrogen) atoms. The highest BCUT2D eigenvalue weighted by molar-refractivity contribution is 6.31. The Bertz CT molecular complexity index is 1360. The van der Waals surface area contributed by atoms with Gasteiger partial charge in [-0.05, 0) is 23.3 Å². The topological polar surface area (TPSA) is 95.5 Å². The average Bonchev–Trinajstić information content (AvgIpc) is 2.86. The molecule has 11 heteroatoms. The number of hydrogen-bond acceptors (Lipinski definition) is 5. The molecule has 0 aliphatic carbocycles. The molecule has 0 bridgehead atoms. The van der Waals surface area contributed by atoms with E-state index in [9.17, 15) is 29.0 Å². The fourth-order valence-corrected chi connectivity index (χ4v) is 4.34. The maximum atomic E-state index is 14.3. The monoisotopic (exact) mass is 544 g/mol. The van der Waals surface area contributed by atoms with Gasteiger partial charge in [0.1, 0.15) is 12.2 Å². The van der Waals surface area contributed by atoms with Gasteiger partial charge in [-0.2, -0.15) is 8.78 Å². The van der Waals surface area contributed by atoms with Gasteiger partial charge >= 0.3 is 11.4 Å². The smallest absolute Gasteiger partial charge is 0.305 e. The van der Waals surface area contributed by atoms with Gasteiger partial charge in [0.25, 0.3) is 0 Å². The Morgan fingerprint density at radius 2 is 1.00 bits per heavy atom. The first-order valence-corrected chi connectivity index (χ1v) is 11.4. The number of ether oxygens (including phenoxy) is 1. The van der Waals surface area contributed by atoms with Crippen LogP contribution in [0, 0.1) is 31.9 Å². The van der Waals surface area contributed by atoms with Crippen LogP contribution < -0.4 is 0 Å². The SMILES string of the molecule is O=[N+]([O-])c1cc(C(OC(c2ccccc2)c2cc([N+](=O)[O-])c(F)cc2Cl)c2ccccc2)c(Cl)cc1F. The molecule has 0 aliphatic rings. The van der Waals surface area contributed by atoms with Gasteiger partial charge in [-0.25, -0.2) is 0 Å².